The summed E-state index contributed by atoms with van der Waals surface area (Å²) >= 11 is 0. The molecule has 0 aliphatic carbocycles. The Kier molecular flexibility index (Phi) is 5.68. The Labute approximate surface area is 174 Å². The molecule has 2 aliphatic rings. The van der Waals surface area contributed by atoms with Gasteiger partial charge in [-0.05, 0) is 49.2 Å². The van der Waals surface area contributed by atoms with Crippen molar-refractivity contribution in [1.29, 1.82) is 0 Å². The van der Waals surface area contributed by atoms with Crippen LogP contribution in [0.2, 0.25) is 0 Å². The van der Waals surface area contributed by atoms with E-state index in [1.54, 1.807) is 30.3 Å². The van der Waals surface area contributed by atoms with Gasteiger partial charge in [0.05, 0.1) is 23.0 Å². The number of carbonyl (C=O) groups excluding carboxylic acids is 2. The Balaban J connectivity index is 1.38. The van der Waals surface area contributed by atoms with E-state index in [1.165, 1.54) is 24.3 Å². The molecule has 0 radical (unpaired) electrons. The first-order chi connectivity index (χ1) is 14.3. The SMILES string of the molecule is O=C1C[C@@H](N2CCC(NS(=O)(=O)c3ccccc3)CC2)C(=O)N1c1ccc(F)cc1. The largest absolute Gasteiger partial charge is 0.291 e. The van der Waals surface area contributed by atoms with Crippen molar-refractivity contribution in [2.24, 2.45) is 0 Å². The molecule has 7 nitrogen and oxygen atoms in total. The molecule has 4 rings (SSSR count). The Morgan fingerprint density at radius 1 is 0.933 bits per heavy atom. The third-order valence-corrected chi connectivity index (χ3v) is 7.09. The molecule has 2 amide bonds. The molecule has 0 spiro atoms. The Morgan fingerprint density at radius 2 is 1.57 bits per heavy atom. The molecule has 0 unspecified atom stereocenters. The molecule has 0 aromatic heterocycles. The number of carbonyl (C=O) groups is 2. The van der Waals surface area contributed by atoms with Crippen LogP contribution >= 0.6 is 0 Å². The zero-order valence-electron chi connectivity index (χ0n) is 16.2. The van der Waals surface area contributed by atoms with Crippen molar-refractivity contribution in [2.45, 2.75) is 36.2 Å². The second-order valence-electron chi connectivity index (χ2n) is 7.51. The second-order valence-corrected chi connectivity index (χ2v) is 9.22. The third-order valence-electron chi connectivity index (χ3n) is 5.55. The van der Waals surface area contributed by atoms with Gasteiger partial charge in [0, 0.05) is 19.1 Å². The fourth-order valence-corrected chi connectivity index (χ4v) is 5.30. The molecule has 2 heterocycles. The van der Waals surface area contributed by atoms with E-state index in [4.69, 9.17) is 0 Å². The van der Waals surface area contributed by atoms with E-state index >= 15 is 0 Å². The Morgan fingerprint density at radius 3 is 2.20 bits per heavy atom. The van der Waals surface area contributed by atoms with Crippen LogP contribution in [0, 0.1) is 5.82 Å². The van der Waals surface area contributed by atoms with Crippen LogP contribution in [-0.4, -0.2) is 50.3 Å². The molecular weight excluding hydrogens is 409 g/mol. The zero-order valence-corrected chi connectivity index (χ0v) is 17.0. The number of hydrogen-bond donors (Lipinski definition) is 1. The van der Waals surface area contributed by atoms with E-state index in [1.807, 2.05) is 4.90 Å². The van der Waals surface area contributed by atoms with E-state index < -0.39 is 21.9 Å². The molecular formula is C21H22FN3O4S. The van der Waals surface area contributed by atoms with Gasteiger partial charge in [-0.2, -0.15) is 0 Å². The summed E-state index contributed by atoms with van der Waals surface area (Å²) in [4.78, 5) is 28.5. The van der Waals surface area contributed by atoms with E-state index in [0.717, 1.165) is 4.90 Å². The van der Waals surface area contributed by atoms with Gasteiger partial charge >= 0.3 is 0 Å². The minimum Gasteiger partial charge on any atom is -0.291 e. The highest BCUT2D eigenvalue weighted by Crippen LogP contribution is 2.28. The molecule has 2 aromatic rings. The van der Waals surface area contributed by atoms with Gasteiger partial charge in [-0.15, -0.1) is 0 Å². The predicted molar refractivity (Wildman–Crippen MR) is 109 cm³/mol. The molecule has 158 valence electrons. The summed E-state index contributed by atoms with van der Waals surface area (Å²) in [6.45, 7) is 1.01. The zero-order chi connectivity index (χ0) is 21.3. The summed E-state index contributed by atoms with van der Waals surface area (Å²) in [5.74, 6) is -1.08. The van der Waals surface area contributed by atoms with E-state index in [9.17, 15) is 22.4 Å². The number of amides is 2. The standard InChI is InChI=1S/C21H22FN3O4S/c22-15-6-8-17(9-7-15)25-20(26)14-19(21(25)27)24-12-10-16(11-13-24)23-30(28,29)18-4-2-1-3-5-18/h1-9,16,19,23H,10-14H2/t19-/m1/s1. The lowest BCUT2D eigenvalue weighted by atomic mass is 10.0. The van der Waals surface area contributed by atoms with Crippen molar-refractivity contribution in [3.8, 4) is 0 Å². The van der Waals surface area contributed by atoms with Crippen LogP contribution in [0.15, 0.2) is 59.5 Å². The molecule has 1 atom stereocenters. The Hall–Kier alpha value is -2.62. The van der Waals surface area contributed by atoms with Crippen molar-refractivity contribution in [3.05, 3.63) is 60.4 Å². The number of imide groups is 1. The third kappa shape index (κ3) is 4.14. The number of nitrogens with one attached hydrogen (secondary N) is 1. The second kappa shape index (κ2) is 8.25. The monoisotopic (exact) mass is 431 g/mol. The van der Waals surface area contributed by atoms with Crippen molar-refractivity contribution < 1.29 is 22.4 Å². The number of hydrogen-bond acceptors (Lipinski definition) is 5. The average Bonchev–Trinajstić information content (AvgIpc) is 3.04. The lowest BCUT2D eigenvalue weighted by Crippen LogP contribution is -2.50. The maximum Gasteiger partial charge on any atom is 0.251 e. The fourth-order valence-electron chi connectivity index (χ4n) is 3.98. The number of nitrogens with zero attached hydrogens (tertiary/aromatic N) is 2. The quantitative estimate of drug-likeness (QED) is 0.731. The van der Waals surface area contributed by atoms with Gasteiger partial charge in [-0.3, -0.25) is 14.5 Å². The van der Waals surface area contributed by atoms with Gasteiger partial charge in [-0.25, -0.2) is 22.4 Å². The fraction of sp³-hybridized carbons (Fsp3) is 0.333. The molecule has 30 heavy (non-hydrogen) atoms. The lowest BCUT2D eigenvalue weighted by molar-refractivity contribution is -0.123. The lowest BCUT2D eigenvalue weighted by Gasteiger charge is -2.34. The summed E-state index contributed by atoms with van der Waals surface area (Å²) < 4.78 is 40.9. The molecule has 2 aliphatic heterocycles. The van der Waals surface area contributed by atoms with Gasteiger partial charge in [0.15, 0.2) is 0 Å². The van der Waals surface area contributed by atoms with Crippen molar-refractivity contribution >= 4 is 27.5 Å². The number of anilines is 1. The summed E-state index contributed by atoms with van der Waals surface area (Å²) in [5.41, 5.74) is 0.361. The predicted octanol–water partition coefficient (Wildman–Crippen LogP) is 1.90. The number of rotatable bonds is 5. The molecule has 0 bridgehead atoms. The first-order valence-corrected chi connectivity index (χ1v) is 11.3. The summed E-state index contributed by atoms with van der Waals surface area (Å²) in [5, 5.41) is 0. The number of halogens is 1. The van der Waals surface area contributed by atoms with Crippen LogP contribution in [0.1, 0.15) is 19.3 Å². The van der Waals surface area contributed by atoms with Gasteiger partial charge < -0.3 is 0 Å². The van der Waals surface area contributed by atoms with Crippen LogP contribution < -0.4 is 9.62 Å². The molecule has 9 heteroatoms. The minimum absolute atomic E-state index is 0.0661. The highest BCUT2D eigenvalue weighted by atomic mass is 32.2. The number of sulfonamides is 1. The minimum atomic E-state index is -3.59. The van der Waals surface area contributed by atoms with Crippen LogP contribution in [0.3, 0.4) is 0 Å². The first kappa shape index (κ1) is 20.6. The maximum atomic E-state index is 13.2. The molecule has 2 fully saturated rings. The number of benzene rings is 2. The summed E-state index contributed by atoms with van der Waals surface area (Å²) in [6, 6.07) is 12.7. The van der Waals surface area contributed by atoms with Crippen molar-refractivity contribution in [2.75, 3.05) is 18.0 Å². The van der Waals surface area contributed by atoms with Crippen molar-refractivity contribution in [3.63, 3.8) is 0 Å². The Bertz CT molecular complexity index is 1040. The van der Waals surface area contributed by atoms with Gasteiger partial charge in [0.2, 0.25) is 15.9 Å². The number of piperidine rings is 1. The highest BCUT2D eigenvalue weighted by Gasteiger charge is 2.43. The maximum absolute atomic E-state index is 13.2. The van der Waals surface area contributed by atoms with Crippen molar-refractivity contribution in [1.82, 2.24) is 9.62 Å². The highest BCUT2D eigenvalue weighted by molar-refractivity contribution is 7.89. The van der Waals surface area contributed by atoms with Crippen LogP contribution in [0.4, 0.5) is 10.1 Å². The van der Waals surface area contributed by atoms with E-state index in [2.05, 4.69) is 4.72 Å². The number of likely N-dealkylation sites (tertiary alicyclic amines) is 1. The van der Waals surface area contributed by atoms with Gasteiger partial charge in [-0.1, -0.05) is 18.2 Å². The van der Waals surface area contributed by atoms with E-state index in [-0.39, 0.29) is 29.2 Å². The normalized spacial score (nSPS) is 21.4. The van der Waals surface area contributed by atoms with Gasteiger partial charge in [0.25, 0.3) is 5.91 Å². The molecule has 2 saturated heterocycles. The van der Waals surface area contributed by atoms with Crippen LogP contribution in [0.5, 0.6) is 0 Å². The molecule has 1 N–H and O–H groups in total. The van der Waals surface area contributed by atoms with Crippen LogP contribution in [-0.2, 0) is 19.6 Å². The topological polar surface area (TPSA) is 86.8 Å². The molecule has 0 saturated carbocycles. The smallest absolute Gasteiger partial charge is 0.251 e. The van der Waals surface area contributed by atoms with Gasteiger partial charge in [0.1, 0.15) is 5.82 Å². The van der Waals surface area contributed by atoms with Crippen LogP contribution in [0.25, 0.3) is 0 Å². The summed E-state index contributed by atoms with van der Waals surface area (Å²) in [6.07, 6.45) is 1.15. The average molecular weight is 431 g/mol. The molecule has 2 aromatic carbocycles. The first-order valence-electron chi connectivity index (χ1n) is 9.79. The van der Waals surface area contributed by atoms with E-state index in [0.29, 0.717) is 31.6 Å². The summed E-state index contributed by atoms with van der Waals surface area (Å²) in [7, 11) is -3.59.